The third-order valence-electron chi connectivity index (χ3n) is 5.30. The number of hydrogen-bond donors (Lipinski definition) is 2. The highest BCUT2D eigenvalue weighted by Crippen LogP contribution is 2.32. The lowest BCUT2D eigenvalue weighted by Gasteiger charge is -2.23. The molecule has 0 saturated carbocycles. The quantitative estimate of drug-likeness (QED) is 0.361. The van der Waals surface area contributed by atoms with Crippen molar-refractivity contribution in [3.8, 4) is 22.9 Å². The number of aryl methyl sites for hydroxylation is 1. The molecule has 1 aliphatic heterocycles. The van der Waals surface area contributed by atoms with Gasteiger partial charge in [-0.15, -0.1) is 12.6 Å². The summed E-state index contributed by atoms with van der Waals surface area (Å²) in [5, 5.41) is 10.6. The Labute approximate surface area is 218 Å². The van der Waals surface area contributed by atoms with E-state index < -0.39 is 0 Å². The average molecular weight is 510 g/mol. The zero-order valence-corrected chi connectivity index (χ0v) is 21.8. The summed E-state index contributed by atoms with van der Waals surface area (Å²) in [5.41, 5.74) is 4.53. The molecule has 2 aromatic heterocycles. The van der Waals surface area contributed by atoms with Gasteiger partial charge in [0, 0.05) is 35.0 Å². The zero-order valence-electron chi connectivity index (χ0n) is 20.9. The topological polar surface area (TPSA) is 134 Å². The van der Waals surface area contributed by atoms with E-state index in [1.807, 2.05) is 75.4 Å². The van der Waals surface area contributed by atoms with Crippen LogP contribution in [0.15, 0.2) is 71.8 Å². The summed E-state index contributed by atoms with van der Waals surface area (Å²) in [6, 6.07) is 21.9. The molecule has 0 radical (unpaired) electrons. The molecule has 3 heterocycles. The van der Waals surface area contributed by atoms with Crippen molar-refractivity contribution < 1.29 is 20.4 Å². The fourth-order valence-electron chi connectivity index (χ4n) is 3.70. The highest BCUT2D eigenvalue weighted by atomic mass is 32.1. The van der Waals surface area contributed by atoms with Crippen molar-refractivity contribution in [1.29, 1.82) is 5.26 Å². The predicted molar refractivity (Wildman–Crippen MR) is 148 cm³/mol. The summed E-state index contributed by atoms with van der Waals surface area (Å²) in [4.78, 5) is 8.63. The Kier molecular flexibility index (Phi) is 13.3. The highest BCUT2D eigenvalue weighted by molar-refractivity contribution is 7.80. The van der Waals surface area contributed by atoms with Crippen LogP contribution in [0.25, 0.3) is 22.2 Å². The van der Waals surface area contributed by atoms with Crippen LogP contribution >= 0.6 is 12.6 Å². The van der Waals surface area contributed by atoms with Crippen LogP contribution < -0.4 is 4.74 Å². The van der Waals surface area contributed by atoms with Crippen LogP contribution in [0.2, 0.25) is 0 Å². The maximum Gasteiger partial charge on any atom is 0.138 e. The van der Waals surface area contributed by atoms with Crippen LogP contribution in [0.5, 0.6) is 5.75 Å². The Morgan fingerprint density at radius 2 is 1.72 bits per heavy atom. The van der Waals surface area contributed by atoms with Gasteiger partial charge in [0.05, 0.1) is 18.8 Å². The average Bonchev–Trinajstić information content (AvgIpc) is 3.27. The number of ether oxygens (including phenoxy) is 2. The molecule has 4 aromatic rings. The second kappa shape index (κ2) is 15.6. The van der Waals surface area contributed by atoms with Gasteiger partial charge in [0.2, 0.25) is 0 Å². The van der Waals surface area contributed by atoms with Crippen molar-refractivity contribution in [3.63, 3.8) is 0 Å². The van der Waals surface area contributed by atoms with Crippen LogP contribution in [-0.2, 0) is 4.74 Å². The van der Waals surface area contributed by atoms with Gasteiger partial charge in [0.25, 0.3) is 0 Å². The van der Waals surface area contributed by atoms with Crippen molar-refractivity contribution >= 4 is 23.7 Å². The molecule has 2 aromatic carbocycles. The third-order valence-corrected chi connectivity index (χ3v) is 5.59. The van der Waals surface area contributed by atoms with Crippen molar-refractivity contribution in [1.82, 2.24) is 9.97 Å². The molecule has 1 saturated heterocycles. The summed E-state index contributed by atoms with van der Waals surface area (Å²) in [7, 11) is 0. The SMILES string of the molecule is CC.Cc1cc2c(-c3ccc(OC4CCOCC4)c(C#N)c3)ccnc2[nH]1.O.O.Sc1ccccc1. The van der Waals surface area contributed by atoms with Gasteiger partial charge < -0.3 is 25.4 Å². The first-order valence-corrected chi connectivity index (χ1v) is 12.1. The second-order valence-corrected chi connectivity index (χ2v) is 8.18. The van der Waals surface area contributed by atoms with Gasteiger partial charge in [-0.25, -0.2) is 4.98 Å². The van der Waals surface area contributed by atoms with E-state index in [0.717, 1.165) is 45.6 Å². The van der Waals surface area contributed by atoms with Gasteiger partial charge in [-0.2, -0.15) is 5.26 Å². The lowest BCUT2D eigenvalue weighted by Crippen LogP contribution is -2.26. The van der Waals surface area contributed by atoms with E-state index >= 15 is 0 Å². The molecule has 0 atom stereocenters. The minimum Gasteiger partial charge on any atom is -0.489 e. The van der Waals surface area contributed by atoms with Crippen LogP contribution in [-0.4, -0.2) is 40.2 Å². The van der Waals surface area contributed by atoms with Crippen LogP contribution in [0.1, 0.15) is 37.9 Å². The molecule has 0 unspecified atom stereocenters. The minimum atomic E-state index is 0. The highest BCUT2D eigenvalue weighted by Gasteiger charge is 2.18. The van der Waals surface area contributed by atoms with Crippen molar-refractivity contribution in [2.45, 2.75) is 44.6 Å². The van der Waals surface area contributed by atoms with E-state index in [1.54, 1.807) is 6.20 Å². The Morgan fingerprint density at radius 3 is 2.33 bits per heavy atom. The van der Waals surface area contributed by atoms with Gasteiger partial charge >= 0.3 is 0 Å². The molecule has 5 rings (SSSR count). The summed E-state index contributed by atoms with van der Waals surface area (Å²) < 4.78 is 11.4. The zero-order chi connectivity index (χ0) is 24.3. The number of aromatic nitrogens is 2. The first-order valence-electron chi connectivity index (χ1n) is 11.6. The molecule has 5 N–H and O–H groups in total. The lowest BCUT2D eigenvalue weighted by atomic mass is 10.0. The van der Waals surface area contributed by atoms with Crippen LogP contribution in [0.3, 0.4) is 0 Å². The molecule has 1 fully saturated rings. The van der Waals surface area contributed by atoms with E-state index in [2.05, 4.69) is 34.7 Å². The summed E-state index contributed by atoms with van der Waals surface area (Å²) in [6.45, 7) is 7.44. The summed E-state index contributed by atoms with van der Waals surface area (Å²) >= 11 is 4.08. The smallest absolute Gasteiger partial charge is 0.138 e. The Bertz CT molecular complexity index is 1230. The van der Waals surface area contributed by atoms with E-state index in [4.69, 9.17) is 9.47 Å². The number of H-pyrrole nitrogens is 1. The molecule has 1 aliphatic rings. The molecule has 8 heteroatoms. The van der Waals surface area contributed by atoms with Gasteiger partial charge in [0.1, 0.15) is 23.6 Å². The molecule has 192 valence electrons. The van der Waals surface area contributed by atoms with Crippen LogP contribution in [0, 0.1) is 18.3 Å². The van der Waals surface area contributed by atoms with E-state index in [1.165, 1.54) is 0 Å². The molecule has 0 amide bonds. The summed E-state index contributed by atoms with van der Waals surface area (Å²) in [6.07, 6.45) is 3.62. The largest absolute Gasteiger partial charge is 0.489 e. The van der Waals surface area contributed by atoms with Gasteiger partial charge in [-0.3, -0.25) is 0 Å². The first kappa shape index (κ1) is 30.7. The van der Waals surface area contributed by atoms with Crippen molar-refractivity contribution in [2.24, 2.45) is 0 Å². The lowest BCUT2D eigenvalue weighted by molar-refractivity contribution is 0.0254. The first-order chi connectivity index (χ1) is 16.6. The number of hydrogen-bond acceptors (Lipinski definition) is 5. The number of nitrogens with zero attached hydrogens (tertiary/aromatic N) is 2. The number of thiol groups is 1. The van der Waals surface area contributed by atoms with Gasteiger partial charge in [-0.1, -0.05) is 38.1 Å². The molecule has 36 heavy (non-hydrogen) atoms. The van der Waals surface area contributed by atoms with Crippen molar-refractivity contribution in [2.75, 3.05) is 13.2 Å². The minimum absolute atomic E-state index is 0. The van der Waals surface area contributed by atoms with Crippen molar-refractivity contribution in [3.05, 3.63) is 78.1 Å². The van der Waals surface area contributed by atoms with Crippen LogP contribution in [0.4, 0.5) is 0 Å². The predicted octanol–water partition coefficient (Wildman–Crippen LogP) is 5.32. The number of nitriles is 1. The normalized spacial score (nSPS) is 12.4. The standard InChI is InChI=1S/C20H19N3O2.C6H6S.C2H6.2H2O/c1-13-10-18-17(4-7-22-20(18)23-13)14-2-3-19(15(11-14)12-21)25-16-5-8-24-9-6-16;7-6-4-2-1-3-5-6;1-2;;/h2-4,7,10-11,16H,5-6,8-9H2,1H3,(H,22,23);1-5,7H;1-2H3;2*1H2. The molecule has 0 aliphatic carbocycles. The van der Waals surface area contributed by atoms with E-state index in [0.29, 0.717) is 24.5 Å². The molecule has 0 bridgehead atoms. The summed E-state index contributed by atoms with van der Waals surface area (Å²) in [5.74, 6) is 0.647. The number of rotatable bonds is 3. The molecular weight excluding hydrogens is 474 g/mol. The Hall–Kier alpha value is -3.35. The monoisotopic (exact) mass is 509 g/mol. The van der Waals surface area contributed by atoms with E-state index in [-0.39, 0.29) is 17.1 Å². The maximum absolute atomic E-state index is 9.56. The fraction of sp³-hybridized carbons (Fsp3) is 0.286. The Morgan fingerprint density at radius 1 is 1.03 bits per heavy atom. The number of nitrogens with one attached hydrogen (secondary N) is 1. The number of benzene rings is 2. The van der Waals surface area contributed by atoms with E-state index in [9.17, 15) is 5.26 Å². The molecule has 7 nitrogen and oxygen atoms in total. The number of pyridine rings is 1. The maximum atomic E-state index is 9.56. The number of aromatic amines is 1. The molecular formula is C28H35N3O4S. The molecule has 0 spiro atoms. The number of fused-ring (bicyclic) bond motifs is 1. The second-order valence-electron chi connectivity index (χ2n) is 7.66. The Balaban J connectivity index is 0.000000507. The fourth-order valence-corrected chi connectivity index (χ4v) is 3.87. The van der Waals surface area contributed by atoms with Gasteiger partial charge in [0.15, 0.2) is 0 Å². The van der Waals surface area contributed by atoms with Gasteiger partial charge in [-0.05, 0) is 54.4 Å². The third kappa shape index (κ3) is 8.11.